The topological polar surface area (TPSA) is 105 Å². The molecule has 0 aliphatic heterocycles. The first-order valence-corrected chi connectivity index (χ1v) is 10.8. The third-order valence-electron chi connectivity index (χ3n) is 6.08. The third kappa shape index (κ3) is 4.51. The molecule has 0 heterocycles. The second-order valence-electron chi connectivity index (χ2n) is 8.24. The Morgan fingerprint density at radius 1 is 1.06 bits per heavy atom. The molecule has 7 heteroatoms. The number of hydrogen-bond donors (Lipinski definition) is 3. The molecule has 0 spiro atoms. The molecule has 0 saturated heterocycles. The van der Waals surface area contributed by atoms with E-state index in [1.165, 1.54) is 0 Å². The van der Waals surface area contributed by atoms with E-state index >= 15 is 0 Å². The van der Waals surface area contributed by atoms with Crippen LogP contribution in [0.5, 0.6) is 0 Å². The number of carboxylic acids is 1. The normalized spacial score (nSPS) is 20.0. The predicted octanol–water partition coefficient (Wildman–Crippen LogP) is 3.45. The fourth-order valence-electron chi connectivity index (χ4n) is 4.39. The van der Waals surface area contributed by atoms with Crippen LogP contribution in [0.4, 0.5) is 4.79 Å². The zero-order valence-electron chi connectivity index (χ0n) is 17.8. The van der Waals surface area contributed by atoms with Crippen LogP contribution in [0.25, 0.3) is 11.1 Å². The summed E-state index contributed by atoms with van der Waals surface area (Å²) in [4.78, 5) is 36.0. The van der Waals surface area contributed by atoms with E-state index in [0.29, 0.717) is 12.8 Å². The van der Waals surface area contributed by atoms with Gasteiger partial charge in [0.05, 0.1) is 5.92 Å². The molecule has 2 aromatic carbocycles. The third-order valence-corrected chi connectivity index (χ3v) is 6.08. The van der Waals surface area contributed by atoms with Crippen LogP contribution in [0.1, 0.15) is 36.8 Å². The maximum Gasteiger partial charge on any atom is 0.407 e. The SMILES string of the molecule is C[C@H](NC(=O)OCC1c2ccccc2-c2ccccc21)C(=O)N[C@@H]1C=CC[C@@H](C(=O)O)C1. The van der Waals surface area contributed by atoms with Gasteiger partial charge in [-0.15, -0.1) is 0 Å². The number of fused-ring (bicyclic) bond motifs is 3. The summed E-state index contributed by atoms with van der Waals surface area (Å²) >= 11 is 0. The molecule has 3 atom stereocenters. The van der Waals surface area contributed by atoms with Crippen molar-refractivity contribution in [3.05, 3.63) is 71.8 Å². The van der Waals surface area contributed by atoms with Crippen molar-refractivity contribution >= 4 is 18.0 Å². The highest BCUT2D eigenvalue weighted by molar-refractivity contribution is 5.86. The van der Waals surface area contributed by atoms with E-state index in [-0.39, 0.29) is 24.5 Å². The molecule has 7 nitrogen and oxygen atoms in total. The van der Waals surface area contributed by atoms with Gasteiger partial charge >= 0.3 is 12.1 Å². The Bertz CT molecular complexity index is 1020. The molecule has 2 aromatic rings. The first-order chi connectivity index (χ1) is 15.4. The number of carbonyl (C=O) groups is 3. The number of alkyl carbamates (subject to hydrolysis) is 1. The summed E-state index contributed by atoms with van der Waals surface area (Å²) in [5.41, 5.74) is 4.52. The molecular formula is C25H26N2O5. The molecule has 2 aliphatic carbocycles. The monoisotopic (exact) mass is 434 g/mol. The van der Waals surface area contributed by atoms with Gasteiger partial charge in [0.2, 0.25) is 5.91 Å². The second kappa shape index (κ2) is 9.26. The van der Waals surface area contributed by atoms with Crippen LogP contribution in [0, 0.1) is 5.92 Å². The average molecular weight is 434 g/mol. The zero-order valence-corrected chi connectivity index (χ0v) is 17.8. The number of benzene rings is 2. The van der Waals surface area contributed by atoms with Crippen molar-refractivity contribution in [3.63, 3.8) is 0 Å². The molecule has 3 N–H and O–H groups in total. The van der Waals surface area contributed by atoms with Gasteiger partial charge in [-0.3, -0.25) is 9.59 Å². The number of amides is 2. The van der Waals surface area contributed by atoms with E-state index in [0.717, 1.165) is 22.3 Å². The predicted molar refractivity (Wildman–Crippen MR) is 119 cm³/mol. The Morgan fingerprint density at radius 2 is 1.69 bits per heavy atom. The van der Waals surface area contributed by atoms with E-state index in [9.17, 15) is 14.4 Å². The molecule has 0 saturated carbocycles. The van der Waals surface area contributed by atoms with Gasteiger partial charge in [-0.2, -0.15) is 0 Å². The van der Waals surface area contributed by atoms with E-state index in [1.54, 1.807) is 19.1 Å². The smallest absolute Gasteiger partial charge is 0.407 e. The van der Waals surface area contributed by atoms with Crippen LogP contribution in [-0.2, 0) is 14.3 Å². The minimum atomic E-state index is -0.876. The highest BCUT2D eigenvalue weighted by Gasteiger charge is 2.30. The van der Waals surface area contributed by atoms with Gasteiger partial charge in [-0.25, -0.2) is 4.79 Å². The number of ether oxygens (including phenoxy) is 1. The fourth-order valence-corrected chi connectivity index (χ4v) is 4.39. The lowest BCUT2D eigenvalue weighted by Gasteiger charge is -2.24. The van der Waals surface area contributed by atoms with Crippen LogP contribution in [0.15, 0.2) is 60.7 Å². The Hall–Kier alpha value is -3.61. The first kappa shape index (κ1) is 21.6. The van der Waals surface area contributed by atoms with Crippen LogP contribution >= 0.6 is 0 Å². The summed E-state index contributed by atoms with van der Waals surface area (Å²) in [6.07, 6.45) is 3.66. The van der Waals surface area contributed by atoms with E-state index in [4.69, 9.17) is 9.84 Å². The Labute approximate surface area is 186 Å². The molecule has 2 aliphatic rings. The highest BCUT2D eigenvalue weighted by atomic mass is 16.5. The number of hydrogen-bond acceptors (Lipinski definition) is 4. The lowest BCUT2D eigenvalue weighted by atomic mass is 9.91. The molecule has 4 rings (SSSR count). The molecule has 0 aromatic heterocycles. The lowest BCUT2D eigenvalue weighted by molar-refractivity contribution is -0.142. The molecule has 0 fully saturated rings. The van der Waals surface area contributed by atoms with Crippen molar-refractivity contribution in [2.45, 2.75) is 37.8 Å². The highest BCUT2D eigenvalue weighted by Crippen LogP contribution is 2.44. The van der Waals surface area contributed by atoms with Gasteiger partial charge in [-0.05, 0) is 42.0 Å². The summed E-state index contributed by atoms with van der Waals surface area (Å²) in [6, 6.07) is 15.0. The molecular weight excluding hydrogens is 408 g/mol. The van der Waals surface area contributed by atoms with Gasteiger partial charge in [0, 0.05) is 12.0 Å². The van der Waals surface area contributed by atoms with Crippen molar-refractivity contribution in [3.8, 4) is 11.1 Å². The summed E-state index contributed by atoms with van der Waals surface area (Å²) in [5.74, 6) is -1.84. The van der Waals surface area contributed by atoms with Crippen LogP contribution in [0.2, 0.25) is 0 Å². The van der Waals surface area contributed by atoms with Gasteiger partial charge in [0.1, 0.15) is 12.6 Å². The first-order valence-electron chi connectivity index (χ1n) is 10.8. The van der Waals surface area contributed by atoms with Crippen molar-refractivity contribution in [2.24, 2.45) is 5.92 Å². The number of allylic oxidation sites excluding steroid dienone is 1. The van der Waals surface area contributed by atoms with Crippen LogP contribution in [-0.4, -0.2) is 41.8 Å². The number of aliphatic carboxylic acids is 1. The van der Waals surface area contributed by atoms with Crippen molar-refractivity contribution in [1.29, 1.82) is 0 Å². The van der Waals surface area contributed by atoms with E-state index in [2.05, 4.69) is 22.8 Å². The van der Waals surface area contributed by atoms with Crippen molar-refractivity contribution < 1.29 is 24.2 Å². The standard InChI is InChI=1S/C25H26N2O5/c1-15(23(28)27-17-8-6-7-16(13-17)24(29)30)26-25(31)32-14-22-20-11-4-2-9-18(20)19-10-3-5-12-21(19)22/h2-6,8-12,15-17,22H,7,13-14H2,1H3,(H,26,31)(H,27,28)(H,29,30)/t15-,16+,17+/m0/s1. The number of carbonyl (C=O) groups excluding carboxylic acids is 2. The van der Waals surface area contributed by atoms with Crippen LogP contribution < -0.4 is 10.6 Å². The van der Waals surface area contributed by atoms with Gasteiger partial charge in [0.15, 0.2) is 0 Å². The Kier molecular flexibility index (Phi) is 6.25. The number of nitrogens with one attached hydrogen (secondary N) is 2. The summed E-state index contributed by atoms with van der Waals surface area (Å²) in [6.45, 7) is 1.73. The molecule has 32 heavy (non-hydrogen) atoms. The maximum absolute atomic E-state index is 12.4. The van der Waals surface area contributed by atoms with E-state index < -0.39 is 24.0 Å². The van der Waals surface area contributed by atoms with E-state index in [1.807, 2.05) is 36.4 Å². The average Bonchev–Trinajstić information content (AvgIpc) is 3.11. The minimum absolute atomic E-state index is 0.0578. The second-order valence-corrected chi connectivity index (χ2v) is 8.24. The van der Waals surface area contributed by atoms with Gasteiger partial charge in [0.25, 0.3) is 0 Å². The lowest BCUT2D eigenvalue weighted by Crippen LogP contribution is -2.48. The molecule has 166 valence electrons. The minimum Gasteiger partial charge on any atom is -0.481 e. The van der Waals surface area contributed by atoms with Gasteiger partial charge in [-0.1, -0.05) is 60.7 Å². The van der Waals surface area contributed by atoms with Crippen molar-refractivity contribution in [2.75, 3.05) is 6.61 Å². The molecule has 0 radical (unpaired) electrons. The number of rotatable bonds is 6. The molecule has 0 bridgehead atoms. The zero-order chi connectivity index (χ0) is 22.7. The number of carboxylic acid groups (broad SMARTS) is 1. The largest absolute Gasteiger partial charge is 0.481 e. The Balaban J connectivity index is 1.31. The van der Waals surface area contributed by atoms with Crippen LogP contribution in [0.3, 0.4) is 0 Å². The molecule has 0 unspecified atom stereocenters. The summed E-state index contributed by atoms with van der Waals surface area (Å²) < 4.78 is 5.48. The molecule has 2 amide bonds. The van der Waals surface area contributed by atoms with Crippen molar-refractivity contribution in [1.82, 2.24) is 10.6 Å². The fraction of sp³-hybridized carbons (Fsp3) is 0.320. The quantitative estimate of drug-likeness (QED) is 0.604. The summed E-state index contributed by atoms with van der Waals surface area (Å²) in [5, 5.41) is 14.5. The Morgan fingerprint density at radius 3 is 2.31 bits per heavy atom. The maximum atomic E-state index is 12.4. The van der Waals surface area contributed by atoms with Gasteiger partial charge < -0.3 is 20.5 Å². The summed E-state index contributed by atoms with van der Waals surface area (Å²) in [7, 11) is 0.